The van der Waals surface area contributed by atoms with Gasteiger partial charge in [0, 0.05) is 24.4 Å². The quantitative estimate of drug-likeness (QED) is 0.305. The van der Waals surface area contributed by atoms with E-state index in [4.69, 9.17) is 0 Å². The Bertz CT molecular complexity index is 339. The van der Waals surface area contributed by atoms with Crippen LogP contribution in [0.1, 0.15) is 23.2 Å². The molecule has 1 aromatic heterocycles. The van der Waals surface area contributed by atoms with E-state index < -0.39 is 5.09 Å². The maximum atomic E-state index is 11.4. The number of rotatable bonds is 6. The summed E-state index contributed by atoms with van der Waals surface area (Å²) in [4.78, 5) is 29.1. The maximum Gasteiger partial charge on any atom is 0.294 e. The fraction of sp³-hybridized carbons (Fsp3) is 0.333. The molecule has 0 aliphatic rings. The molecule has 15 heavy (non-hydrogen) atoms. The smallest absolute Gasteiger partial charge is 0.294 e. The summed E-state index contributed by atoms with van der Waals surface area (Å²) in [5.74, 6) is -0.0879. The van der Waals surface area contributed by atoms with Gasteiger partial charge in [-0.3, -0.25) is 9.78 Å². The Morgan fingerprint density at radius 3 is 3.00 bits per heavy atom. The minimum Gasteiger partial charge on any atom is -0.314 e. The zero-order chi connectivity index (χ0) is 11.1. The van der Waals surface area contributed by atoms with Crippen LogP contribution in [-0.2, 0) is 4.84 Å². The SMILES string of the molecule is O=C(CCCO[N+](=O)[O-])c1cccnc1. The summed E-state index contributed by atoms with van der Waals surface area (Å²) in [5.41, 5.74) is 0.513. The first-order valence-corrected chi connectivity index (χ1v) is 4.40. The summed E-state index contributed by atoms with van der Waals surface area (Å²) >= 11 is 0. The molecule has 0 unspecified atom stereocenters. The second kappa shape index (κ2) is 5.69. The molecule has 6 nitrogen and oxygen atoms in total. The van der Waals surface area contributed by atoms with Crippen LogP contribution < -0.4 is 0 Å². The molecule has 6 heteroatoms. The van der Waals surface area contributed by atoms with Crippen molar-refractivity contribution in [3.63, 3.8) is 0 Å². The van der Waals surface area contributed by atoms with Gasteiger partial charge in [0.1, 0.15) is 0 Å². The highest BCUT2D eigenvalue weighted by atomic mass is 16.9. The van der Waals surface area contributed by atoms with Crippen molar-refractivity contribution in [2.75, 3.05) is 6.61 Å². The van der Waals surface area contributed by atoms with E-state index in [0.29, 0.717) is 12.0 Å². The molecule has 0 saturated carbocycles. The average Bonchev–Trinajstić information content (AvgIpc) is 2.25. The number of hydrogen-bond donors (Lipinski definition) is 0. The average molecular weight is 210 g/mol. The number of Topliss-reactive ketones (excluding diaryl/α,β-unsaturated/α-hetero) is 1. The highest BCUT2D eigenvalue weighted by Crippen LogP contribution is 2.03. The molecule has 1 rings (SSSR count). The summed E-state index contributed by atoms with van der Waals surface area (Å²) in [6, 6.07) is 3.32. The first kappa shape index (κ1) is 11.1. The van der Waals surface area contributed by atoms with Crippen LogP contribution in [0.4, 0.5) is 0 Å². The van der Waals surface area contributed by atoms with Crippen LogP contribution in [0.3, 0.4) is 0 Å². The Balaban J connectivity index is 2.28. The third-order valence-electron chi connectivity index (χ3n) is 1.73. The molecule has 80 valence electrons. The molecule has 0 aromatic carbocycles. The second-order valence-electron chi connectivity index (χ2n) is 2.83. The van der Waals surface area contributed by atoms with E-state index in [1.54, 1.807) is 18.3 Å². The van der Waals surface area contributed by atoms with Crippen LogP contribution in [0.25, 0.3) is 0 Å². The van der Waals surface area contributed by atoms with Gasteiger partial charge >= 0.3 is 0 Å². The highest BCUT2D eigenvalue weighted by molar-refractivity contribution is 5.95. The van der Waals surface area contributed by atoms with Crippen LogP contribution in [0.15, 0.2) is 24.5 Å². The van der Waals surface area contributed by atoms with Crippen LogP contribution in [0, 0.1) is 10.1 Å². The van der Waals surface area contributed by atoms with Gasteiger partial charge in [-0.25, -0.2) is 0 Å². The molecular weight excluding hydrogens is 200 g/mol. The van der Waals surface area contributed by atoms with E-state index in [2.05, 4.69) is 9.82 Å². The van der Waals surface area contributed by atoms with E-state index in [0.717, 1.165) is 0 Å². The first-order chi connectivity index (χ1) is 7.20. The minimum atomic E-state index is -0.867. The first-order valence-electron chi connectivity index (χ1n) is 4.40. The van der Waals surface area contributed by atoms with Crippen molar-refractivity contribution >= 4 is 5.78 Å². The lowest BCUT2D eigenvalue weighted by molar-refractivity contribution is -0.757. The standard InChI is InChI=1S/C9H10N2O4/c12-9(4-2-6-15-11(13)14)8-3-1-5-10-7-8/h1,3,5,7H,2,4,6H2. The predicted octanol–water partition coefficient (Wildman–Crippen LogP) is 1.25. The lowest BCUT2D eigenvalue weighted by Gasteiger charge is -1.99. The van der Waals surface area contributed by atoms with Crippen molar-refractivity contribution in [1.29, 1.82) is 0 Å². The lowest BCUT2D eigenvalue weighted by atomic mass is 10.1. The van der Waals surface area contributed by atoms with Gasteiger partial charge < -0.3 is 4.84 Å². The molecule has 0 atom stereocenters. The maximum absolute atomic E-state index is 11.4. The summed E-state index contributed by atoms with van der Waals surface area (Å²) in [7, 11) is 0. The van der Waals surface area contributed by atoms with Crippen molar-refractivity contribution < 1.29 is 14.7 Å². The third kappa shape index (κ3) is 4.17. The van der Waals surface area contributed by atoms with Gasteiger partial charge in [0.25, 0.3) is 5.09 Å². The number of ketones is 1. The molecule has 1 aromatic rings. The molecule has 0 spiro atoms. The molecule has 0 bridgehead atoms. The van der Waals surface area contributed by atoms with E-state index in [1.807, 2.05) is 0 Å². The summed E-state index contributed by atoms with van der Waals surface area (Å²) in [6.45, 7) is -0.0565. The van der Waals surface area contributed by atoms with E-state index in [-0.39, 0.29) is 18.8 Å². The van der Waals surface area contributed by atoms with E-state index in [9.17, 15) is 14.9 Å². The Morgan fingerprint density at radius 2 is 2.40 bits per heavy atom. The summed E-state index contributed by atoms with van der Waals surface area (Å²) in [5, 5.41) is 8.94. The number of pyridine rings is 1. The second-order valence-corrected chi connectivity index (χ2v) is 2.83. The Labute approximate surface area is 86.0 Å². The van der Waals surface area contributed by atoms with Crippen molar-refractivity contribution in [2.24, 2.45) is 0 Å². The van der Waals surface area contributed by atoms with Crippen LogP contribution in [-0.4, -0.2) is 22.5 Å². The fourth-order valence-electron chi connectivity index (χ4n) is 1.04. The van der Waals surface area contributed by atoms with Crippen molar-refractivity contribution in [2.45, 2.75) is 12.8 Å². The minimum absolute atomic E-state index is 0.0565. The molecule has 0 saturated heterocycles. The van der Waals surface area contributed by atoms with Crippen molar-refractivity contribution in [1.82, 2.24) is 4.98 Å². The molecule has 0 fully saturated rings. The normalized spacial score (nSPS) is 9.60. The fourth-order valence-corrected chi connectivity index (χ4v) is 1.04. The summed E-state index contributed by atoms with van der Waals surface area (Å²) < 4.78 is 0. The van der Waals surface area contributed by atoms with Crippen LogP contribution in [0.2, 0.25) is 0 Å². The van der Waals surface area contributed by atoms with E-state index >= 15 is 0 Å². The Hall–Kier alpha value is -1.98. The van der Waals surface area contributed by atoms with Crippen LogP contribution in [0.5, 0.6) is 0 Å². The number of carbonyl (C=O) groups excluding carboxylic acids is 1. The van der Waals surface area contributed by atoms with Gasteiger partial charge in [-0.2, -0.15) is 0 Å². The highest BCUT2D eigenvalue weighted by Gasteiger charge is 2.05. The largest absolute Gasteiger partial charge is 0.314 e. The number of nitrogens with zero attached hydrogens (tertiary/aromatic N) is 2. The molecular formula is C9H10N2O4. The molecule has 0 amide bonds. The third-order valence-corrected chi connectivity index (χ3v) is 1.73. The molecule has 0 N–H and O–H groups in total. The van der Waals surface area contributed by atoms with Gasteiger partial charge in [-0.1, -0.05) is 0 Å². The molecule has 0 radical (unpaired) electrons. The molecule has 0 aliphatic carbocycles. The van der Waals surface area contributed by atoms with Gasteiger partial charge in [0.05, 0.1) is 6.61 Å². The topological polar surface area (TPSA) is 82.3 Å². The number of aromatic nitrogens is 1. The van der Waals surface area contributed by atoms with Gasteiger partial charge in [-0.05, 0) is 18.6 Å². The predicted molar refractivity (Wildman–Crippen MR) is 50.7 cm³/mol. The van der Waals surface area contributed by atoms with Gasteiger partial charge in [0.2, 0.25) is 0 Å². The van der Waals surface area contributed by atoms with Gasteiger partial charge in [-0.15, -0.1) is 10.1 Å². The molecule has 0 aliphatic heterocycles. The zero-order valence-electron chi connectivity index (χ0n) is 7.96. The van der Waals surface area contributed by atoms with Crippen molar-refractivity contribution in [3.8, 4) is 0 Å². The summed E-state index contributed by atoms with van der Waals surface area (Å²) in [6.07, 6.45) is 3.59. The molecule has 1 heterocycles. The Kier molecular flexibility index (Phi) is 4.21. The number of carbonyl (C=O) groups is 1. The number of hydrogen-bond acceptors (Lipinski definition) is 5. The monoisotopic (exact) mass is 210 g/mol. The zero-order valence-corrected chi connectivity index (χ0v) is 7.96. The Morgan fingerprint density at radius 1 is 1.60 bits per heavy atom. The van der Waals surface area contributed by atoms with E-state index in [1.165, 1.54) is 6.20 Å². The van der Waals surface area contributed by atoms with Gasteiger partial charge in [0.15, 0.2) is 5.78 Å². The van der Waals surface area contributed by atoms with Crippen LogP contribution >= 0.6 is 0 Å². The van der Waals surface area contributed by atoms with Crippen molar-refractivity contribution in [3.05, 3.63) is 40.2 Å². The lowest BCUT2D eigenvalue weighted by Crippen LogP contribution is -2.05.